The second-order valence-electron chi connectivity index (χ2n) is 7.32. The van der Waals surface area contributed by atoms with Crippen LogP contribution in [0, 0.1) is 20.8 Å². The molecule has 3 rings (SSSR count). The summed E-state index contributed by atoms with van der Waals surface area (Å²) in [5.74, 6) is -0.197. The summed E-state index contributed by atoms with van der Waals surface area (Å²) >= 11 is 0. The minimum absolute atomic E-state index is 0.0994. The number of hydrogen-bond donors (Lipinski definition) is 1. The Bertz CT molecular complexity index is 768. The van der Waals surface area contributed by atoms with Crippen molar-refractivity contribution >= 4 is 11.5 Å². The fourth-order valence-corrected chi connectivity index (χ4v) is 4.31. The van der Waals surface area contributed by atoms with Crippen LogP contribution < -0.4 is 0 Å². The Labute approximate surface area is 160 Å². The number of amides is 1. The Balaban J connectivity index is 2.11. The smallest absolute Gasteiger partial charge is 0.282 e. The van der Waals surface area contributed by atoms with Gasteiger partial charge in [-0.2, -0.15) is 5.06 Å². The highest BCUT2D eigenvalue weighted by molar-refractivity contribution is 6.23. The molecule has 1 aromatic rings. The number of hydroxylamine groups is 4. The third-order valence-corrected chi connectivity index (χ3v) is 5.52. The number of aliphatic hydroxyl groups excluding tert-OH is 1. The summed E-state index contributed by atoms with van der Waals surface area (Å²) in [6.45, 7) is 11.0. The Morgan fingerprint density at radius 1 is 1.22 bits per heavy atom. The molecule has 1 N–H and O–H groups in total. The van der Waals surface area contributed by atoms with E-state index in [1.807, 2.05) is 38.0 Å². The van der Waals surface area contributed by atoms with Crippen LogP contribution in [-0.2, 0) is 14.5 Å². The molecule has 0 saturated carbocycles. The van der Waals surface area contributed by atoms with Crippen LogP contribution >= 0.6 is 0 Å². The average molecular weight is 372 g/mol. The van der Waals surface area contributed by atoms with Crippen molar-refractivity contribution in [1.29, 1.82) is 0 Å². The van der Waals surface area contributed by atoms with Gasteiger partial charge in [-0.1, -0.05) is 23.8 Å². The van der Waals surface area contributed by atoms with Crippen molar-refractivity contribution in [2.45, 2.75) is 39.2 Å². The monoisotopic (exact) mass is 372 g/mol. The highest BCUT2D eigenvalue weighted by Crippen LogP contribution is 2.46. The van der Waals surface area contributed by atoms with Crippen molar-refractivity contribution in [2.24, 2.45) is 0 Å². The fraction of sp³-hybridized carbons (Fsp3) is 0.476. The van der Waals surface area contributed by atoms with E-state index < -0.39 is 5.54 Å². The maximum atomic E-state index is 13.3. The number of nitrogens with zero attached hydrogens (tertiary/aromatic N) is 2. The SMILES string of the molecule is C=CCON1C(=O)C(c2c(C)cc(C)cc2C)=C(O)C12CCN(OC)CC2. The van der Waals surface area contributed by atoms with Crippen LogP contribution in [0.3, 0.4) is 0 Å². The molecule has 6 heteroatoms. The van der Waals surface area contributed by atoms with E-state index in [4.69, 9.17) is 9.68 Å². The van der Waals surface area contributed by atoms with Crippen LogP contribution in [0.4, 0.5) is 0 Å². The maximum absolute atomic E-state index is 13.3. The second kappa shape index (κ2) is 7.46. The lowest BCUT2D eigenvalue weighted by Crippen LogP contribution is -2.54. The van der Waals surface area contributed by atoms with E-state index in [1.54, 1.807) is 13.2 Å². The third-order valence-electron chi connectivity index (χ3n) is 5.52. The molecule has 1 fully saturated rings. The lowest BCUT2D eigenvalue weighted by molar-refractivity contribution is -0.228. The van der Waals surface area contributed by atoms with E-state index in [9.17, 15) is 9.90 Å². The highest BCUT2D eigenvalue weighted by atomic mass is 16.7. The first-order chi connectivity index (χ1) is 12.9. The molecule has 2 aliphatic heterocycles. The number of aryl methyl sites for hydroxylation is 3. The molecule has 1 aromatic carbocycles. The van der Waals surface area contributed by atoms with Crippen LogP contribution in [0.15, 0.2) is 30.5 Å². The lowest BCUT2D eigenvalue weighted by atomic mass is 9.85. The molecular weight excluding hydrogens is 344 g/mol. The first-order valence-corrected chi connectivity index (χ1v) is 9.25. The summed E-state index contributed by atoms with van der Waals surface area (Å²) in [5.41, 5.74) is 3.34. The van der Waals surface area contributed by atoms with Crippen LogP contribution in [0.25, 0.3) is 5.57 Å². The number of piperidine rings is 1. The van der Waals surface area contributed by atoms with Crippen molar-refractivity contribution in [1.82, 2.24) is 10.1 Å². The zero-order valence-corrected chi connectivity index (χ0v) is 16.5. The second-order valence-corrected chi connectivity index (χ2v) is 7.32. The molecule has 27 heavy (non-hydrogen) atoms. The molecule has 2 aliphatic rings. The Morgan fingerprint density at radius 2 is 1.81 bits per heavy atom. The van der Waals surface area contributed by atoms with Crippen molar-refractivity contribution < 1.29 is 19.6 Å². The standard InChI is InChI=1S/C21H28N2O4/c1-6-11-27-23-20(25)18(17-15(3)12-14(2)13-16(17)4)19(24)21(23)7-9-22(26-5)10-8-21/h6,12-13,24H,1,7-11H2,2-5H3. The van der Waals surface area contributed by atoms with Gasteiger partial charge in [0.1, 0.15) is 11.3 Å². The van der Waals surface area contributed by atoms with E-state index in [2.05, 4.69) is 6.58 Å². The summed E-state index contributed by atoms with van der Waals surface area (Å²) in [5, 5.41) is 14.5. The molecule has 0 radical (unpaired) electrons. The van der Waals surface area contributed by atoms with Gasteiger partial charge < -0.3 is 9.94 Å². The Hall–Kier alpha value is -2.15. The van der Waals surface area contributed by atoms with Gasteiger partial charge in [-0.25, -0.2) is 5.06 Å². The van der Waals surface area contributed by atoms with Crippen molar-refractivity contribution in [2.75, 3.05) is 26.8 Å². The normalized spacial score (nSPS) is 20.0. The zero-order valence-electron chi connectivity index (χ0n) is 16.5. The molecule has 0 atom stereocenters. The minimum atomic E-state index is -0.867. The van der Waals surface area contributed by atoms with E-state index in [1.165, 1.54) is 5.06 Å². The van der Waals surface area contributed by atoms with Crippen molar-refractivity contribution in [3.05, 3.63) is 52.8 Å². The van der Waals surface area contributed by atoms with Crippen molar-refractivity contribution in [3.63, 3.8) is 0 Å². The van der Waals surface area contributed by atoms with Crippen LogP contribution in [-0.4, -0.2) is 53.5 Å². The number of carbonyl (C=O) groups excluding carboxylic acids is 1. The van der Waals surface area contributed by atoms with Crippen LogP contribution in [0.2, 0.25) is 0 Å². The van der Waals surface area contributed by atoms with Crippen molar-refractivity contribution in [3.8, 4) is 0 Å². The molecular formula is C21H28N2O4. The zero-order chi connectivity index (χ0) is 19.8. The van der Waals surface area contributed by atoms with Gasteiger partial charge in [0, 0.05) is 13.1 Å². The summed E-state index contributed by atoms with van der Waals surface area (Å²) < 4.78 is 0. The molecule has 0 aliphatic carbocycles. The van der Waals surface area contributed by atoms with Gasteiger partial charge in [-0.05, 0) is 50.3 Å². The lowest BCUT2D eigenvalue weighted by Gasteiger charge is -2.42. The topological polar surface area (TPSA) is 62.2 Å². The van der Waals surface area contributed by atoms with Crippen LogP contribution in [0.1, 0.15) is 35.1 Å². The van der Waals surface area contributed by atoms with Gasteiger partial charge in [-0.15, -0.1) is 6.58 Å². The van der Waals surface area contributed by atoms with Gasteiger partial charge in [0.15, 0.2) is 0 Å². The van der Waals surface area contributed by atoms with E-state index in [-0.39, 0.29) is 18.3 Å². The molecule has 6 nitrogen and oxygen atoms in total. The molecule has 1 amide bonds. The largest absolute Gasteiger partial charge is 0.509 e. The summed E-state index contributed by atoms with van der Waals surface area (Å²) in [6, 6.07) is 4.06. The maximum Gasteiger partial charge on any atom is 0.282 e. The van der Waals surface area contributed by atoms with E-state index in [0.717, 1.165) is 22.3 Å². The summed E-state index contributed by atoms with van der Waals surface area (Å²) in [7, 11) is 1.63. The van der Waals surface area contributed by atoms with E-state index >= 15 is 0 Å². The molecule has 146 valence electrons. The van der Waals surface area contributed by atoms with Crippen LogP contribution in [0.5, 0.6) is 0 Å². The quantitative estimate of drug-likeness (QED) is 0.804. The molecule has 0 unspecified atom stereocenters. The van der Waals surface area contributed by atoms with Gasteiger partial charge in [0.05, 0.1) is 19.3 Å². The number of carbonyl (C=O) groups is 1. The molecule has 2 heterocycles. The van der Waals surface area contributed by atoms with E-state index in [0.29, 0.717) is 31.5 Å². The van der Waals surface area contributed by atoms with Gasteiger partial charge in [0.25, 0.3) is 5.91 Å². The third kappa shape index (κ3) is 3.18. The molecule has 0 bridgehead atoms. The molecule has 1 saturated heterocycles. The molecule has 1 spiro atoms. The first kappa shape index (κ1) is 19.6. The predicted molar refractivity (Wildman–Crippen MR) is 104 cm³/mol. The summed E-state index contributed by atoms with van der Waals surface area (Å²) in [6.07, 6.45) is 2.66. The first-order valence-electron chi connectivity index (χ1n) is 9.25. The average Bonchev–Trinajstić information content (AvgIpc) is 2.82. The Morgan fingerprint density at radius 3 is 2.33 bits per heavy atom. The van der Waals surface area contributed by atoms with Gasteiger partial charge >= 0.3 is 0 Å². The van der Waals surface area contributed by atoms with Gasteiger partial charge in [-0.3, -0.25) is 9.63 Å². The summed E-state index contributed by atoms with van der Waals surface area (Å²) in [4.78, 5) is 24.4. The number of hydrogen-bond acceptors (Lipinski definition) is 5. The molecule has 0 aromatic heterocycles. The van der Waals surface area contributed by atoms with Gasteiger partial charge in [0.2, 0.25) is 0 Å². The number of benzene rings is 1. The fourth-order valence-electron chi connectivity index (χ4n) is 4.31. The highest BCUT2D eigenvalue weighted by Gasteiger charge is 2.55. The number of rotatable bonds is 5. The Kier molecular flexibility index (Phi) is 5.42. The minimum Gasteiger partial charge on any atom is -0.509 e. The predicted octanol–water partition coefficient (Wildman–Crippen LogP) is 3.24. The number of aliphatic hydroxyl groups is 1.